The Labute approximate surface area is 159 Å². The van der Waals surface area contributed by atoms with Gasteiger partial charge in [-0.1, -0.05) is 23.2 Å². The van der Waals surface area contributed by atoms with Crippen molar-refractivity contribution in [3.8, 4) is 5.75 Å². The Morgan fingerprint density at radius 3 is 2.38 bits per heavy atom. The first-order chi connectivity index (χ1) is 12.2. The molecule has 0 saturated carbocycles. The fourth-order valence-corrected chi connectivity index (χ4v) is 2.29. The molecule has 1 N–H and O–H groups in total. The third-order valence-electron chi connectivity index (χ3n) is 3.30. The van der Waals surface area contributed by atoms with Crippen molar-refractivity contribution in [2.45, 2.75) is 13.3 Å². The minimum absolute atomic E-state index is 0.308. The van der Waals surface area contributed by atoms with Crippen LogP contribution in [0.15, 0.2) is 41.4 Å². The largest absolute Gasteiger partial charge is 0.573 e. The monoisotopic (exact) mass is 405 g/mol. The maximum atomic E-state index is 12.2. The molecule has 4 nitrogen and oxygen atoms in total. The summed E-state index contributed by atoms with van der Waals surface area (Å²) in [5, 5.41) is 3.75. The van der Waals surface area contributed by atoms with Crippen LogP contribution in [0.2, 0.25) is 10.0 Å². The van der Waals surface area contributed by atoms with Crippen LogP contribution in [0.1, 0.15) is 6.92 Å². The number of ether oxygens (including phenoxy) is 1. The molecule has 2 rings (SSSR count). The van der Waals surface area contributed by atoms with Crippen molar-refractivity contribution in [1.29, 1.82) is 0 Å². The molecule has 0 heterocycles. The fraction of sp³-hybridized carbons (Fsp3) is 0.235. The molecular weight excluding hydrogens is 390 g/mol. The summed E-state index contributed by atoms with van der Waals surface area (Å²) in [4.78, 5) is 6.14. The molecule has 0 atom stereocenters. The zero-order valence-corrected chi connectivity index (χ0v) is 15.5. The molecule has 0 fully saturated rings. The second kappa shape index (κ2) is 8.51. The van der Waals surface area contributed by atoms with Gasteiger partial charge in [0.2, 0.25) is 0 Å². The zero-order chi connectivity index (χ0) is 19.3. The second-order valence-corrected chi connectivity index (χ2v) is 6.11. The average Bonchev–Trinajstić information content (AvgIpc) is 2.56. The van der Waals surface area contributed by atoms with Gasteiger partial charge in [-0.05, 0) is 43.3 Å². The summed E-state index contributed by atoms with van der Waals surface area (Å²) in [6, 6.07) is 8.48. The molecule has 0 aliphatic carbocycles. The molecule has 0 saturated heterocycles. The van der Waals surface area contributed by atoms with Gasteiger partial charge in [-0.3, -0.25) is 0 Å². The number of nitrogens with one attached hydrogen (secondary N) is 1. The second-order valence-electron chi connectivity index (χ2n) is 5.30. The molecule has 0 spiro atoms. The van der Waals surface area contributed by atoms with Gasteiger partial charge in [0.15, 0.2) is 0 Å². The van der Waals surface area contributed by atoms with Crippen molar-refractivity contribution >= 4 is 46.6 Å². The first kappa shape index (κ1) is 20.2. The number of anilines is 2. The Kier molecular flexibility index (Phi) is 6.61. The van der Waals surface area contributed by atoms with Gasteiger partial charge in [0, 0.05) is 19.3 Å². The number of alkyl halides is 3. The van der Waals surface area contributed by atoms with Crippen LogP contribution in [0, 0.1) is 0 Å². The number of nitrogens with zero attached hydrogens (tertiary/aromatic N) is 2. The predicted molar refractivity (Wildman–Crippen MR) is 99.3 cm³/mol. The molecule has 26 heavy (non-hydrogen) atoms. The Hall–Kier alpha value is -2.12. The van der Waals surface area contributed by atoms with Crippen LogP contribution >= 0.6 is 23.2 Å². The van der Waals surface area contributed by atoms with E-state index in [9.17, 15) is 13.2 Å². The van der Waals surface area contributed by atoms with Crippen LogP contribution in [-0.4, -0.2) is 31.2 Å². The van der Waals surface area contributed by atoms with Gasteiger partial charge in [0.05, 0.1) is 27.8 Å². The summed E-state index contributed by atoms with van der Waals surface area (Å²) >= 11 is 12.5. The van der Waals surface area contributed by atoms with Crippen LogP contribution in [0.5, 0.6) is 5.75 Å². The molecule has 0 bridgehead atoms. The van der Waals surface area contributed by atoms with E-state index < -0.39 is 6.36 Å². The minimum Gasteiger partial charge on any atom is -0.406 e. The molecule has 2 aromatic carbocycles. The molecule has 140 valence electrons. The van der Waals surface area contributed by atoms with E-state index in [2.05, 4.69) is 15.0 Å². The molecule has 0 aromatic heterocycles. The lowest BCUT2D eigenvalue weighted by molar-refractivity contribution is -0.274. The highest BCUT2D eigenvalue weighted by molar-refractivity contribution is 6.37. The Balaban J connectivity index is 2.14. The number of hydrogen-bond donors (Lipinski definition) is 1. The molecule has 0 aliphatic rings. The molecule has 0 unspecified atom stereocenters. The Morgan fingerprint density at radius 1 is 1.15 bits per heavy atom. The lowest BCUT2D eigenvalue weighted by Gasteiger charge is -2.13. The quantitative estimate of drug-likeness (QED) is 0.455. The van der Waals surface area contributed by atoms with Gasteiger partial charge in [-0.25, -0.2) is 4.99 Å². The number of halogens is 5. The van der Waals surface area contributed by atoms with Crippen LogP contribution in [0.25, 0.3) is 0 Å². The van der Waals surface area contributed by atoms with Crippen LogP contribution in [0.3, 0.4) is 0 Å². The van der Waals surface area contributed by atoms with Gasteiger partial charge >= 0.3 is 6.36 Å². The van der Waals surface area contributed by atoms with Gasteiger partial charge in [-0.2, -0.15) is 0 Å². The lowest BCUT2D eigenvalue weighted by atomic mass is 10.2. The van der Waals surface area contributed by atoms with Gasteiger partial charge in [0.25, 0.3) is 0 Å². The van der Waals surface area contributed by atoms with E-state index in [1.54, 1.807) is 18.5 Å². The fourth-order valence-electron chi connectivity index (χ4n) is 1.87. The number of rotatable bonds is 6. The molecule has 0 aliphatic heterocycles. The summed E-state index contributed by atoms with van der Waals surface area (Å²) in [5.74, 6) is -0.308. The van der Waals surface area contributed by atoms with Crippen molar-refractivity contribution in [2.24, 2.45) is 4.99 Å². The smallest absolute Gasteiger partial charge is 0.406 e. The highest BCUT2D eigenvalue weighted by Crippen LogP contribution is 2.36. The van der Waals surface area contributed by atoms with Crippen molar-refractivity contribution in [1.82, 2.24) is 4.90 Å². The van der Waals surface area contributed by atoms with Gasteiger partial charge < -0.3 is 15.0 Å². The Bertz CT molecular complexity index is 780. The SMILES string of the molecule is CCN(C)C=Nc1cc(Cl)c(Nc2ccc(OC(F)(F)F)cc2)cc1Cl. The third-order valence-corrected chi connectivity index (χ3v) is 3.91. The van der Waals surface area contributed by atoms with E-state index in [-0.39, 0.29) is 5.75 Å². The Morgan fingerprint density at radius 2 is 1.81 bits per heavy atom. The molecule has 2 aromatic rings. The zero-order valence-electron chi connectivity index (χ0n) is 13.9. The number of benzene rings is 2. The predicted octanol–water partition coefficient (Wildman–Crippen LogP) is 6.25. The maximum absolute atomic E-state index is 12.2. The minimum atomic E-state index is -4.73. The molecule has 0 radical (unpaired) electrons. The maximum Gasteiger partial charge on any atom is 0.573 e. The number of aliphatic imine (C=N–C) groups is 1. The van der Waals surface area contributed by atoms with E-state index >= 15 is 0 Å². The van der Waals surface area contributed by atoms with E-state index in [0.29, 0.717) is 27.1 Å². The van der Waals surface area contributed by atoms with Crippen LogP contribution in [-0.2, 0) is 0 Å². The molecule has 9 heteroatoms. The van der Waals surface area contributed by atoms with Crippen molar-refractivity contribution < 1.29 is 17.9 Å². The van der Waals surface area contributed by atoms with Gasteiger partial charge in [0.1, 0.15) is 5.75 Å². The first-order valence-electron chi connectivity index (χ1n) is 7.54. The topological polar surface area (TPSA) is 36.9 Å². The van der Waals surface area contributed by atoms with Crippen LogP contribution < -0.4 is 10.1 Å². The number of hydrogen-bond acceptors (Lipinski definition) is 3. The highest BCUT2D eigenvalue weighted by atomic mass is 35.5. The van der Waals surface area contributed by atoms with Gasteiger partial charge in [-0.15, -0.1) is 13.2 Å². The van der Waals surface area contributed by atoms with E-state index in [0.717, 1.165) is 6.54 Å². The summed E-state index contributed by atoms with van der Waals surface area (Å²) in [6.07, 6.45) is -3.09. The third kappa shape index (κ3) is 6.00. The summed E-state index contributed by atoms with van der Waals surface area (Å²) < 4.78 is 40.4. The van der Waals surface area contributed by atoms with E-state index in [1.165, 1.54) is 24.3 Å². The lowest BCUT2D eigenvalue weighted by Crippen LogP contribution is -2.16. The highest BCUT2D eigenvalue weighted by Gasteiger charge is 2.30. The van der Waals surface area contributed by atoms with Crippen LogP contribution in [0.4, 0.5) is 30.2 Å². The summed E-state index contributed by atoms with van der Waals surface area (Å²) in [5.41, 5.74) is 1.54. The summed E-state index contributed by atoms with van der Waals surface area (Å²) in [6.45, 7) is 2.78. The first-order valence-corrected chi connectivity index (χ1v) is 8.30. The molecule has 0 amide bonds. The van der Waals surface area contributed by atoms with Crippen molar-refractivity contribution in [2.75, 3.05) is 18.9 Å². The van der Waals surface area contributed by atoms with E-state index in [1.807, 2.05) is 18.9 Å². The standard InChI is InChI=1S/C17H16Cl2F3N3O/c1-3-25(2)10-23-15-8-14(19)16(9-13(15)18)24-11-4-6-12(7-5-11)26-17(20,21)22/h4-10,24H,3H2,1-2H3. The van der Waals surface area contributed by atoms with E-state index in [4.69, 9.17) is 23.2 Å². The average molecular weight is 406 g/mol. The summed E-state index contributed by atoms with van der Waals surface area (Å²) in [7, 11) is 1.88. The van der Waals surface area contributed by atoms with Crippen molar-refractivity contribution in [3.63, 3.8) is 0 Å². The molecular formula is C17H16Cl2F3N3O. The van der Waals surface area contributed by atoms with Crippen molar-refractivity contribution in [3.05, 3.63) is 46.4 Å². The normalized spacial score (nSPS) is 11.7.